The number of hydrogen-bond acceptors (Lipinski definition) is 5. The van der Waals surface area contributed by atoms with Crippen LogP contribution < -0.4 is 0 Å². The van der Waals surface area contributed by atoms with Gasteiger partial charge in [-0.2, -0.15) is 0 Å². The summed E-state index contributed by atoms with van der Waals surface area (Å²) in [4.78, 5) is 14.9. The van der Waals surface area contributed by atoms with Crippen molar-refractivity contribution in [2.75, 3.05) is 19.7 Å². The van der Waals surface area contributed by atoms with Crippen molar-refractivity contribution in [2.24, 2.45) is 5.92 Å². The van der Waals surface area contributed by atoms with E-state index in [1.807, 2.05) is 11.8 Å². The molecule has 24 heavy (non-hydrogen) atoms. The van der Waals surface area contributed by atoms with Crippen molar-refractivity contribution in [2.45, 2.75) is 57.5 Å². The summed E-state index contributed by atoms with van der Waals surface area (Å²) in [6.45, 7) is 4.06. The van der Waals surface area contributed by atoms with Crippen LogP contribution in [-0.4, -0.2) is 46.8 Å². The number of rotatable bonds is 2. The summed E-state index contributed by atoms with van der Waals surface area (Å²) < 4.78 is 11.7. The Kier molecular flexibility index (Phi) is 4.39. The first-order valence-electron chi connectivity index (χ1n) is 9.12. The summed E-state index contributed by atoms with van der Waals surface area (Å²) in [7, 11) is 0. The van der Waals surface area contributed by atoms with Gasteiger partial charge in [0.15, 0.2) is 0 Å². The zero-order valence-electron chi connectivity index (χ0n) is 14.2. The average molecular weight is 331 g/mol. The largest absolute Gasteiger partial charge is 0.425 e. The Morgan fingerprint density at radius 3 is 2.96 bits per heavy atom. The van der Waals surface area contributed by atoms with Gasteiger partial charge in [-0.15, -0.1) is 10.2 Å². The predicted octanol–water partition coefficient (Wildman–Crippen LogP) is 2.60. The summed E-state index contributed by atoms with van der Waals surface area (Å²) in [5.74, 6) is 1.97. The number of allylic oxidation sites excluding steroid dienone is 1. The van der Waals surface area contributed by atoms with Gasteiger partial charge in [-0.25, -0.2) is 0 Å². The van der Waals surface area contributed by atoms with E-state index in [0.717, 1.165) is 57.4 Å². The molecule has 4 rings (SSSR count). The van der Waals surface area contributed by atoms with Gasteiger partial charge in [0.2, 0.25) is 17.7 Å². The van der Waals surface area contributed by atoms with Crippen LogP contribution in [0.15, 0.2) is 16.1 Å². The highest BCUT2D eigenvalue weighted by molar-refractivity contribution is 5.93. The summed E-state index contributed by atoms with van der Waals surface area (Å²) in [5, 5.41) is 8.21. The highest BCUT2D eigenvalue weighted by Gasteiger charge is 2.42. The van der Waals surface area contributed by atoms with Crippen molar-refractivity contribution in [3.05, 3.63) is 23.4 Å². The molecule has 0 N–H and O–H groups in total. The van der Waals surface area contributed by atoms with E-state index < -0.39 is 0 Å². The topological polar surface area (TPSA) is 68.5 Å². The molecule has 2 saturated heterocycles. The molecule has 1 aromatic rings. The first-order chi connectivity index (χ1) is 11.7. The predicted molar refractivity (Wildman–Crippen MR) is 87.4 cm³/mol. The van der Waals surface area contributed by atoms with Crippen LogP contribution in [0.5, 0.6) is 0 Å². The Labute approximate surface area is 142 Å². The molecule has 2 aliphatic heterocycles. The van der Waals surface area contributed by atoms with Crippen LogP contribution in [-0.2, 0) is 9.53 Å². The lowest BCUT2D eigenvalue weighted by Gasteiger charge is -2.44. The fraction of sp³-hybridized carbons (Fsp3) is 0.722. The number of amides is 1. The van der Waals surface area contributed by atoms with E-state index in [2.05, 4.69) is 16.3 Å². The number of fused-ring (bicyclic) bond motifs is 1. The van der Waals surface area contributed by atoms with E-state index in [1.165, 1.54) is 6.42 Å². The third-order valence-electron chi connectivity index (χ3n) is 5.58. The molecule has 3 aliphatic rings. The van der Waals surface area contributed by atoms with Crippen LogP contribution in [0.2, 0.25) is 0 Å². The molecule has 6 nitrogen and oxygen atoms in total. The Hall–Kier alpha value is -1.69. The molecule has 130 valence electrons. The van der Waals surface area contributed by atoms with E-state index in [1.54, 1.807) is 0 Å². The molecule has 1 amide bonds. The zero-order valence-corrected chi connectivity index (χ0v) is 14.2. The Morgan fingerprint density at radius 2 is 2.21 bits per heavy atom. The molecule has 0 saturated carbocycles. The molecule has 0 unspecified atom stereocenters. The number of nitrogens with zero attached hydrogens (tertiary/aromatic N) is 3. The third kappa shape index (κ3) is 2.99. The normalized spacial score (nSPS) is 30.6. The lowest BCUT2D eigenvalue weighted by atomic mass is 9.79. The second kappa shape index (κ2) is 6.67. The SMILES string of the molecule is Cc1nnc([C@@H]2CCO[C@@H]3CCN(C(=O)C4=CCCCC4)C[C@@H]32)o1. The van der Waals surface area contributed by atoms with Crippen LogP contribution in [0, 0.1) is 12.8 Å². The first-order valence-corrected chi connectivity index (χ1v) is 9.12. The standard InChI is InChI=1S/C18H25N3O3/c1-12-19-20-17(24-12)14-8-10-23-16-7-9-21(11-15(14)16)18(22)13-5-3-2-4-6-13/h5,14-16H,2-4,6-11H2,1H3/t14-,15-,16-/m1/s1. The van der Waals surface area contributed by atoms with Gasteiger partial charge >= 0.3 is 0 Å². The van der Waals surface area contributed by atoms with Gasteiger partial charge in [0.1, 0.15) is 0 Å². The molecule has 0 aromatic carbocycles. The fourth-order valence-electron chi connectivity index (χ4n) is 4.30. The van der Waals surface area contributed by atoms with E-state index in [4.69, 9.17) is 9.15 Å². The van der Waals surface area contributed by atoms with Gasteiger partial charge in [0.05, 0.1) is 6.10 Å². The minimum Gasteiger partial charge on any atom is -0.425 e. The highest BCUT2D eigenvalue weighted by Crippen LogP contribution is 2.39. The minimum atomic E-state index is 0.195. The summed E-state index contributed by atoms with van der Waals surface area (Å²) >= 11 is 0. The molecule has 3 heterocycles. The summed E-state index contributed by atoms with van der Waals surface area (Å²) in [6, 6.07) is 0. The van der Waals surface area contributed by atoms with Gasteiger partial charge in [-0.05, 0) is 38.5 Å². The summed E-state index contributed by atoms with van der Waals surface area (Å²) in [6.07, 6.45) is 8.40. The van der Waals surface area contributed by atoms with Gasteiger partial charge in [0, 0.05) is 44.0 Å². The molecule has 1 aromatic heterocycles. The molecule has 0 radical (unpaired) electrons. The van der Waals surface area contributed by atoms with Gasteiger partial charge in [0.25, 0.3) is 0 Å². The van der Waals surface area contributed by atoms with Crippen LogP contribution >= 0.6 is 0 Å². The maximum atomic E-state index is 12.8. The molecular formula is C18H25N3O3. The summed E-state index contributed by atoms with van der Waals surface area (Å²) in [5.41, 5.74) is 1.00. The maximum Gasteiger partial charge on any atom is 0.249 e. The number of aryl methyl sites for hydroxylation is 1. The lowest BCUT2D eigenvalue weighted by Crippen LogP contribution is -2.51. The third-order valence-corrected chi connectivity index (χ3v) is 5.58. The van der Waals surface area contributed by atoms with Gasteiger partial charge < -0.3 is 14.1 Å². The molecule has 1 aliphatic carbocycles. The van der Waals surface area contributed by atoms with Crippen LogP contribution in [0.4, 0.5) is 0 Å². The van der Waals surface area contributed by atoms with Crippen LogP contribution in [0.1, 0.15) is 56.2 Å². The van der Waals surface area contributed by atoms with Crippen molar-refractivity contribution < 1.29 is 13.9 Å². The number of hydrogen-bond donors (Lipinski definition) is 0. The molecule has 0 spiro atoms. The monoisotopic (exact) mass is 331 g/mol. The van der Waals surface area contributed by atoms with E-state index in [-0.39, 0.29) is 23.8 Å². The Morgan fingerprint density at radius 1 is 1.29 bits per heavy atom. The van der Waals surface area contributed by atoms with Crippen LogP contribution in [0.25, 0.3) is 0 Å². The number of ether oxygens (including phenoxy) is 1. The fourth-order valence-corrected chi connectivity index (χ4v) is 4.30. The second-order valence-electron chi connectivity index (χ2n) is 7.14. The van der Waals surface area contributed by atoms with Crippen molar-refractivity contribution in [1.29, 1.82) is 0 Å². The van der Waals surface area contributed by atoms with Crippen LogP contribution in [0.3, 0.4) is 0 Å². The Bertz CT molecular complexity index is 639. The quantitative estimate of drug-likeness (QED) is 0.833. The second-order valence-corrected chi connectivity index (χ2v) is 7.14. The van der Waals surface area contributed by atoms with E-state index in [9.17, 15) is 4.79 Å². The minimum absolute atomic E-state index is 0.195. The molecular weight excluding hydrogens is 306 g/mol. The van der Waals surface area contributed by atoms with Gasteiger partial charge in [-0.1, -0.05) is 6.08 Å². The molecule has 2 fully saturated rings. The molecule has 6 heteroatoms. The first kappa shape index (κ1) is 15.8. The van der Waals surface area contributed by atoms with Gasteiger partial charge in [-0.3, -0.25) is 4.79 Å². The molecule has 0 bridgehead atoms. The number of carbonyl (C=O) groups is 1. The number of likely N-dealkylation sites (tertiary alicyclic amines) is 1. The highest BCUT2D eigenvalue weighted by atomic mass is 16.5. The average Bonchev–Trinajstić information content (AvgIpc) is 3.07. The van der Waals surface area contributed by atoms with Crippen molar-refractivity contribution in [1.82, 2.24) is 15.1 Å². The zero-order chi connectivity index (χ0) is 16.5. The molecule has 3 atom stereocenters. The number of piperidine rings is 1. The van der Waals surface area contributed by atoms with Crippen molar-refractivity contribution in [3.8, 4) is 0 Å². The maximum absolute atomic E-state index is 12.8. The number of carbonyl (C=O) groups excluding carboxylic acids is 1. The van der Waals surface area contributed by atoms with Crippen molar-refractivity contribution in [3.63, 3.8) is 0 Å². The number of aromatic nitrogens is 2. The van der Waals surface area contributed by atoms with E-state index in [0.29, 0.717) is 11.8 Å². The van der Waals surface area contributed by atoms with Crippen molar-refractivity contribution >= 4 is 5.91 Å². The Balaban J connectivity index is 1.51. The van der Waals surface area contributed by atoms with E-state index >= 15 is 0 Å². The lowest BCUT2D eigenvalue weighted by molar-refractivity contribution is -0.136. The smallest absolute Gasteiger partial charge is 0.249 e.